The minimum Gasteiger partial charge on any atom is -0.478 e. The highest BCUT2D eigenvalue weighted by Gasteiger charge is 2.19. The van der Waals surface area contributed by atoms with Gasteiger partial charge in [-0.1, -0.05) is 64.6 Å². The van der Waals surface area contributed by atoms with Gasteiger partial charge in [-0.2, -0.15) is 0 Å². The second-order valence-corrected chi connectivity index (χ2v) is 5.35. The van der Waals surface area contributed by atoms with Gasteiger partial charge in [0.25, 0.3) is 0 Å². The van der Waals surface area contributed by atoms with Crippen molar-refractivity contribution in [3.05, 3.63) is 42.8 Å². The van der Waals surface area contributed by atoms with Crippen molar-refractivity contribution >= 4 is 64.0 Å². The summed E-state index contributed by atoms with van der Waals surface area (Å²) in [6.45, 7) is 3.41. The first-order chi connectivity index (χ1) is 8.27. The van der Waals surface area contributed by atoms with Crippen LogP contribution in [-0.2, 0) is 11.2 Å². The normalized spacial score (nSPS) is 10.5. The minimum atomic E-state index is -1.08. The molecule has 0 radical (unpaired) electrons. The van der Waals surface area contributed by atoms with Crippen LogP contribution in [0.5, 0.6) is 0 Å². The lowest BCUT2D eigenvalue weighted by atomic mass is 10.1. The molecule has 1 aromatic carbocycles. The molecule has 1 aromatic rings. The van der Waals surface area contributed by atoms with E-state index in [1.807, 2.05) is 0 Å². The summed E-state index contributed by atoms with van der Waals surface area (Å²) in [7, 11) is 0. The Hall–Kier alpha value is -0.120. The van der Waals surface area contributed by atoms with Crippen LogP contribution in [0.4, 0.5) is 0 Å². The molecule has 0 heterocycles. The Morgan fingerprint density at radius 1 is 0.944 bits per heavy atom. The molecule has 0 aliphatic carbocycles. The van der Waals surface area contributed by atoms with Crippen LogP contribution in [0.3, 0.4) is 0 Å². The van der Waals surface area contributed by atoms with Crippen molar-refractivity contribution in [3.63, 3.8) is 0 Å². The maximum absolute atomic E-state index is 10.6. The fourth-order valence-electron chi connectivity index (χ4n) is 1.25. The van der Waals surface area contributed by atoms with Crippen molar-refractivity contribution in [2.45, 2.75) is 12.8 Å². The number of benzene rings is 1. The average Bonchev–Trinajstić information content (AvgIpc) is 2.33. The van der Waals surface area contributed by atoms with Gasteiger partial charge in [-0.15, -0.1) is 0 Å². The summed E-state index contributed by atoms with van der Waals surface area (Å²) < 4.78 is 0. The molecule has 2 nitrogen and oxygen atoms in total. The summed E-state index contributed by atoms with van der Waals surface area (Å²) in [5.41, 5.74) is 0.504. The Morgan fingerprint density at radius 3 is 1.72 bits per heavy atom. The quantitative estimate of drug-likeness (QED) is 0.441. The Bertz CT molecular complexity index is 496. The van der Waals surface area contributed by atoms with Gasteiger partial charge in [0.15, 0.2) is 0 Å². The number of hydrogen-bond donors (Lipinski definition) is 1. The van der Waals surface area contributed by atoms with E-state index in [-0.39, 0.29) is 43.5 Å². The molecule has 98 valence electrons. The van der Waals surface area contributed by atoms with Crippen molar-refractivity contribution in [2.24, 2.45) is 0 Å². The van der Waals surface area contributed by atoms with Gasteiger partial charge in [0, 0.05) is 5.57 Å². The van der Waals surface area contributed by atoms with Crippen molar-refractivity contribution in [3.8, 4) is 0 Å². The van der Waals surface area contributed by atoms with Gasteiger partial charge in [-0.05, 0) is 18.4 Å². The third kappa shape index (κ3) is 3.25. The van der Waals surface area contributed by atoms with Gasteiger partial charge in [0.2, 0.25) is 0 Å². The lowest BCUT2D eigenvalue weighted by Crippen LogP contribution is -2.01. The zero-order valence-electron chi connectivity index (χ0n) is 8.87. The third-order valence-electron chi connectivity index (χ3n) is 2.28. The standard InChI is InChI=1S/C11H7Cl5O2/c1-4(11(17)18)2-3-5-6(12)8(14)10(16)9(15)7(5)13/h1-3H2,(H,17,18). The lowest BCUT2D eigenvalue weighted by Gasteiger charge is -2.12. The number of carboxylic acids is 1. The first-order valence-electron chi connectivity index (χ1n) is 4.68. The van der Waals surface area contributed by atoms with Crippen molar-refractivity contribution in [2.75, 3.05) is 0 Å². The van der Waals surface area contributed by atoms with Crippen LogP contribution < -0.4 is 0 Å². The molecule has 0 aliphatic rings. The summed E-state index contributed by atoms with van der Waals surface area (Å²) in [5.74, 6) is -1.08. The summed E-state index contributed by atoms with van der Waals surface area (Å²) >= 11 is 29.6. The Labute approximate surface area is 129 Å². The third-order valence-corrected chi connectivity index (χ3v) is 4.63. The smallest absolute Gasteiger partial charge is 0.330 e. The van der Waals surface area contributed by atoms with E-state index >= 15 is 0 Å². The molecule has 7 heteroatoms. The molecule has 0 aliphatic heterocycles. The zero-order valence-corrected chi connectivity index (χ0v) is 12.6. The molecular formula is C11H7Cl5O2. The topological polar surface area (TPSA) is 37.3 Å². The van der Waals surface area contributed by atoms with E-state index in [9.17, 15) is 4.79 Å². The van der Waals surface area contributed by atoms with Gasteiger partial charge in [0.05, 0.1) is 25.1 Å². The van der Waals surface area contributed by atoms with E-state index in [4.69, 9.17) is 63.1 Å². The second-order valence-electron chi connectivity index (χ2n) is 3.46. The summed E-state index contributed by atoms with van der Waals surface area (Å²) in [6.07, 6.45) is 0.447. The zero-order chi connectivity index (χ0) is 14.0. The largest absolute Gasteiger partial charge is 0.478 e. The van der Waals surface area contributed by atoms with Crippen LogP contribution in [0, 0.1) is 0 Å². The number of hydrogen-bond acceptors (Lipinski definition) is 1. The Balaban J connectivity index is 3.11. The lowest BCUT2D eigenvalue weighted by molar-refractivity contribution is -0.132. The highest BCUT2D eigenvalue weighted by atomic mass is 35.5. The van der Waals surface area contributed by atoms with Gasteiger partial charge in [-0.25, -0.2) is 4.79 Å². The van der Waals surface area contributed by atoms with E-state index in [0.29, 0.717) is 5.56 Å². The fourth-order valence-corrected chi connectivity index (χ4v) is 2.62. The fraction of sp³-hybridized carbons (Fsp3) is 0.182. The molecule has 0 amide bonds. The molecule has 0 fully saturated rings. The summed E-state index contributed by atoms with van der Waals surface area (Å²) in [4.78, 5) is 10.6. The summed E-state index contributed by atoms with van der Waals surface area (Å²) in [5, 5.41) is 9.34. The Morgan fingerprint density at radius 2 is 1.33 bits per heavy atom. The van der Waals surface area contributed by atoms with E-state index < -0.39 is 5.97 Å². The number of carboxylic acid groups (broad SMARTS) is 1. The maximum atomic E-state index is 10.6. The maximum Gasteiger partial charge on any atom is 0.330 e. The molecule has 1 rings (SSSR count). The van der Waals surface area contributed by atoms with Crippen LogP contribution in [0.15, 0.2) is 12.2 Å². The SMILES string of the molecule is C=C(CCc1c(Cl)c(Cl)c(Cl)c(Cl)c1Cl)C(=O)O. The highest BCUT2D eigenvalue weighted by molar-refractivity contribution is 6.55. The van der Waals surface area contributed by atoms with E-state index in [2.05, 4.69) is 6.58 Å². The van der Waals surface area contributed by atoms with Gasteiger partial charge in [0.1, 0.15) is 0 Å². The molecule has 1 N–H and O–H groups in total. The number of aliphatic carboxylic acids is 1. The van der Waals surface area contributed by atoms with E-state index in [1.54, 1.807) is 0 Å². The van der Waals surface area contributed by atoms with Gasteiger partial charge >= 0.3 is 5.97 Å². The Kier molecular flexibility index (Phi) is 5.63. The van der Waals surface area contributed by atoms with Gasteiger partial charge < -0.3 is 5.11 Å². The van der Waals surface area contributed by atoms with Crippen LogP contribution in [0.2, 0.25) is 25.1 Å². The first-order valence-corrected chi connectivity index (χ1v) is 6.57. The molecule has 0 aromatic heterocycles. The van der Waals surface area contributed by atoms with E-state index in [0.717, 1.165) is 0 Å². The van der Waals surface area contributed by atoms with Crippen molar-refractivity contribution in [1.82, 2.24) is 0 Å². The van der Waals surface area contributed by atoms with Gasteiger partial charge in [-0.3, -0.25) is 0 Å². The van der Waals surface area contributed by atoms with Crippen LogP contribution >= 0.6 is 58.0 Å². The molecule has 0 bridgehead atoms. The molecule has 0 saturated carbocycles. The van der Waals surface area contributed by atoms with Crippen molar-refractivity contribution in [1.29, 1.82) is 0 Å². The predicted molar refractivity (Wildman–Crippen MR) is 76.6 cm³/mol. The second kappa shape index (κ2) is 6.36. The highest BCUT2D eigenvalue weighted by Crippen LogP contribution is 2.44. The summed E-state index contributed by atoms with van der Waals surface area (Å²) in [6, 6.07) is 0. The first kappa shape index (κ1) is 15.9. The molecule has 18 heavy (non-hydrogen) atoms. The number of rotatable bonds is 4. The van der Waals surface area contributed by atoms with Crippen molar-refractivity contribution < 1.29 is 9.90 Å². The molecule has 0 atom stereocenters. The predicted octanol–water partition coefficient (Wildman–Crippen LogP) is 5.53. The monoisotopic (exact) mass is 346 g/mol. The molecule has 0 spiro atoms. The van der Waals surface area contributed by atoms with E-state index in [1.165, 1.54) is 0 Å². The molecular weight excluding hydrogens is 341 g/mol. The van der Waals surface area contributed by atoms with Crippen LogP contribution in [0.1, 0.15) is 12.0 Å². The molecule has 0 unspecified atom stereocenters. The van der Waals surface area contributed by atoms with Crippen LogP contribution in [-0.4, -0.2) is 11.1 Å². The number of carbonyl (C=O) groups is 1. The average molecular weight is 348 g/mol. The molecule has 0 saturated heterocycles. The number of halogens is 5. The van der Waals surface area contributed by atoms with Crippen LogP contribution in [0.25, 0.3) is 0 Å². The minimum absolute atomic E-state index is 0.0457.